The van der Waals surface area contributed by atoms with Gasteiger partial charge in [0, 0.05) is 17.2 Å². The second-order valence-corrected chi connectivity index (χ2v) is 7.22. The Morgan fingerprint density at radius 1 is 1.28 bits per heavy atom. The number of ether oxygens (including phenoxy) is 2. The Kier molecular flexibility index (Phi) is 3.94. The second-order valence-electron chi connectivity index (χ2n) is 7.22. The van der Waals surface area contributed by atoms with Gasteiger partial charge in [0.05, 0.1) is 24.0 Å². The van der Waals surface area contributed by atoms with E-state index in [1.54, 1.807) is 29.2 Å². The van der Waals surface area contributed by atoms with E-state index in [0.29, 0.717) is 17.1 Å². The van der Waals surface area contributed by atoms with E-state index in [2.05, 4.69) is 4.98 Å². The number of hydrogen-bond donors (Lipinski definition) is 1. The molecule has 0 unspecified atom stereocenters. The molecule has 0 saturated heterocycles. The third kappa shape index (κ3) is 2.79. The Morgan fingerprint density at radius 3 is 2.86 bits per heavy atom. The molecule has 2 aliphatic rings. The van der Waals surface area contributed by atoms with Crippen LogP contribution in [0.3, 0.4) is 0 Å². The van der Waals surface area contributed by atoms with E-state index in [1.807, 2.05) is 6.07 Å². The first-order valence-corrected chi connectivity index (χ1v) is 9.31. The summed E-state index contributed by atoms with van der Waals surface area (Å²) in [5.74, 6) is 0.377. The predicted molar refractivity (Wildman–Crippen MR) is 101 cm³/mol. The zero-order valence-corrected chi connectivity index (χ0v) is 15.4. The number of rotatable bonds is 4. The number of amides is 1. The maximum atomic E-state index is 14.5. The second kappa shape index (κ2) is 6.51. The van der Waals surface area contributed by atoms with Crippen molar-refractivity contribution < 1.29 is 23.1 Å². The minimum Gasteiger partial charge on any atom is -0.417 e. The summed E-state index contributed by atoms with van der Waals surface area (Å²) in [4.78, 5) is 18.4. The van der Waals surface area contributed by atoms with Gasteiger partial charge in [-0.1, -0.05) is 12.1 Å². The number of halogens is 1. The third-order valence-electron chi connectivity index (χ3n) is 5.62. The number of fused-ring (bicyclic) bond motifs is 2. The van der Waals surface area contributed by atoms with Crippen molar-refractivity contribution in [3.05, 3.63) is 65.8 Å². The number of nitrogens with zero attached hydrogens (tertiary/aromatic N) is 2. The van der Waals surface area contributed by atoms with Crippen LogP contribution in [-0.2, 0) is 12.1 Å². The lowest BCUT2D eigenvalue weighted by Gasteiger charge is -2.52. The van der Waals surface area contributed by atoms with Crippen LogP contribution in [0.2, 0.25) is 0 Å². The summed E-state index contributed by atoms with van der Waals surface area (Å²) >= 11 is 0. The van der Waals surface area contributed by atoms with E-state index >= 15 is 0 Å². The van der Waals surface area contributed by atoms with Gasteiger partial charge in [-0.3, -0.25) is 4.90 Å². The first-order valence-electron chi connectivity index (χ1n) is 9.31. The van der Waals surface area contributed by atoms with Crippen molar-refractivity contribution in [1.29, 1.82) is 0 Å². The standard InChI is InChI=1S/C21H18FN3O4/c22-18-13(3-1-4-16(18)23)12-25-20(26)29-17-11-14(28-19-24-9-10-27-19)5-6-15(17)21(25)7-2-8-21/h1,3-6,9-11H,2,7-8,12,23H2. The highest BCUT2D eigenvalue weighted by molar-refractivity contribution is 5.76. The van der Waals surface area contributed by atoms with Gasteiger partial charge in [-0.2, -0.15) is 4.98 Å². The third-order valence-corrected chi connectivity index (χ3v) is 5.62. The smallest absolute Gasteiger partial charge is 0.416 e. The van der Waals surface area contributed by atoms with Crippen LogP contribution in [0.25, 0.3) is 0 Å². The average Bonchev–Trinajstić information content (AvgIpc) is 3.17. The van der Waals surface area contributed by atoms with E-state index in [0.717, 1.165) is 24.8 Å². The summed E-state index contributed by atoms with van der Waals surface area (Å²) in [6.07, 6.45) is 4.99. The molecule has 0 bridgehead atoms. The molecular formula is C21H18FN3O4. The summed E-state index contributed by atoms with van der Waals surface area (Å²) in [5, 5.41) is 0. The fraction of sp³-hybridized carbons (Fsp3) is 0.238. The predicted octanol–water partition coefficient (Wildman–Crippen LogP) is 4.58. The van der Waals surface area contributed by atoms with Gasteiger partial charge in [0.15, 0.2) is 5.82 Å². The lowest BCUT2D eigenvalue weighted by molar-refractivity contribution is 0.00113. The number of carbonyl (C=O) groups excluding carboxylic acids is 1. The SMILES string of the molecule is Nc1cccc(CN2C(=O)Oc3cc(Oc4ncco4)ccc3C23CCC3)c1F. The molecule has 3 aromatic rings. The number of hydrogen-bond acceptors (Lipinski definition) is 6. The van der Waals surface area contributed by atoms with Crippen LogP contribution in [-0.4, -0.2) is 16.0 Å². The monoisotopic (exact) mass is 395 g/mol. The van der Waals surface area contributed by atoms with Crippen LogP contribution >= 0.6 is 0 Å². The summed E-state index contributed by atoms with van der Waals surface area (Å²) in [6.45, 7) is 0.0870. The highest BCUT2D eigenvalue weighted by atomic mass is 19.1. The Labute approximate surface area is 165 Å². The Morgan fingerprint density at radius 2 is 2.14 bits per heavy atom. The number of anilines is 1. The maximum Gasteiger partial charge on any atom is 0.416 e. The van der Waals surface area contributed by atoms with E-state index in [4.69, 9.17) is 19.6 Å². The molecule has 148 valence electrons. The van der Waals surface area contributed by atoms with Crippen molar-refractivity contribution in [2.75, 3.05) is 5.73 Å². The highest BCUT2D eigenvalue weighted by Crippen LogP contribution is 2.53. The van der Waals surface area contributed by atoms with Crippen LogP contribution in [0.1, 0.15) is 30.4 Å². The highest BCUT2D eigenvalue weighted by Gasteiger charge is 2.51. The van der Waals surface area contributed by atoms with Gasteiger partial charge in [-0.25, -0.2) is 9.18 Å². The normalized spacial score (nSPS) is 16.9. The molecule has 5 rings (SSSR count). The first-order chi connectivity index (χ1) is 14.1. The van der Waals surface area contributed by atoms with E-state index in [1.165, 1.54) is 18.5 Å². The fourth-order valence-corrected chi connectivity index (χ4v) is 4.02. The molecule has 1 spiro atoms. The van der Waals surface area contributed by atoms with Crippen LogP contribution < -0.4 is 15.2 Å². The number of benzene rings is 2. The molecule has 2 aromatic carbocycles. The van der Waals surface area contributed by atoms with Crippen molar-refractivity contribution in [2.24, 2.45) is 0 Å². The van der Waals surface area contributed by atoms with Crippen LogP contribution in [0.4, 0.5) is 14.9 Å². The first kappa shape index (κ1) is 17.5. The van der Waals surface area contributed by atoms with E-state index in [9.17, 15) is 9.18 Å². The number of oxazole rings is 1. The van der Waals surface area contributed by atoms with Gasteiger partial charge >= 0.3 is 12.2 Å². The molecule has 0 radical (unpaired) electrons. The summed E-state index contributed by atoms with van der Waals surface area (Å²) in [7, 11) is 0. The minimum atomic E-state index is -0.525. The lowest BCUT2D eigenvalue weighted by atomic mass is 9.69. The quantitative estimate of drug-likeness (QED) is 0.650. The molecule has 1 amide bonds. The largest absolute Gasteiger partial charge is 0.417 e. The summed E-state index contributed by atoms with van der Waals surface area (Å²) < 4.78 is 30.7. The number of aromatic nitrogens is 1. The van der Waals surface area contributed by atoms with Gasteiger partial charge in [0.2, 0.25) is 0 Å². The lowest BCUT2D eigenvalue weighted by Crippen LogP contribution is -2.57. The van der Waals surface area contributed by atoms with E-state index in [-0.39, 0.29) is 18.3 Å². The Hall–Kier alpha value is -3.55. The Balaban J connectivity index is 1.49. The molecule has 1 aliphatic carbocycles. The number of nitrogens with two attached hydrogens (primary N) is 1. The van der Waals surface area contributed by atoms with Gasteiger partial charge in [-0.05, 0) is 37.5 Å². The van der Waals surface area contributed by atoms with Gasteiger partial charge in [-0.15, -0.1) is 0 Å². The fourth-order valence-electron chi connectivity index (χ4n) is 4.02. The topological polar surface area (TPSA) is 90.8 Å². The summed E-state index contributed by atoms with van der Waals surface area (Å²) in [5.41, 5.74) is 6.47. The molecule has 2 heterocycles. The van der Waals surface area contributed by atoms with Crippen molar-refractivity contribution >= 4 is 11.8 Å². The van der Waals surface area contributed by atoms with Crippen LogP contribution in [0.5, 0.6) is 17.6 Å². The van der Waals surface area contributed by atoms with Gasteiger partial charge in [0.1, 0.15) is 17.8 Å². The van der Waals surface area contributed by atoms with Gasteiger partial charge < -0.3 is 19.6 Å². The molecule has 0 atom stereocenters. The zero-order chi connectivity index (χ0) is 20.0. The van der Waals surface area contributed by atoms with Crippen molar-refractivity contribution in [3.63, 3.8) is 0 Å². The minimum absolute atomic E-state index is 0.0595. The molecular weight excluding hydrogens is 377 g/mol. The van der Waals surface area contributed by atoms with E-state index < -0.39 is 17.4 Å². The molecule has 7 nitrogen and oxygen atoms in total. The summed E-state index contributed by atoms with van der Waals surface area (Å²) in [6, 6.07) is 10.1. The Bertz CT molecular complexity index is 1080. The average molecular weight is 395 g/mol. The van der Waals surface area contributed by atoms with Crippen molar-refractivity contribution in [1.82, 2.24) is 9.88 Å². The van der Waals surface area contributed by atoms with Crippen molar-refractivity contribution in [2.45, 2.75) is 31.3 Å². The van der Waals surface area contributed by atoms with Gasteiger partial charge in [0.25, 0.3) is 0 Å². The molecule has 8 heteroatoms. The number of nitrogen functional groups attached to an aromatic ring is 1. The maximum absolute atomic E-state index is 14.5. The van der Waals surface area contributed by atoms with Crippen LogP contribution in [0.15, 0.2) is 53.3 Å². The molecule has 2 N–H and O–H groups in total. The molecule has 1 aliphatic heterocycles. The zero-order valence-electron chi connectivity index (χ0n) is 15.4. The number of carbonyl (C=O) groups is 1. The molecule has 1 fully saturated rings. The molecule has 29 heavy (non-hydrogen) atoms. The molecule has 1 aromatic heterocycles. The van der Waals surface area contributed by atoms with Crippen molar-refractivity contribution in [3.8, 4) is 17.6 Å². The molecule has 1 saturated carbocycles. The van der Waals surface area contributed by atoms with Crippen LogP contribution in [0, 0.1) is 5.82 Å².